The number of benzene rings is 1. The summed E-state index contributed by atoms with van der Waals surface area (Å²) in [6.07, 6.45) is 2.65. The Morgan fingerprint density at radius 2 is 2.17 bits per heavy atom. The first-order chi connectivity index (χ1) is 8.81. The molecule has 0 aliphatic heterocycles. The van der Waals surface area contributed by atoms with Gasteiger partial charge in [-0.2, -0.15) is 4.99 Å². The standard InChI is InChI=1S/C14H17NOS2/c1-3-14(15-4-2)18-17-11-13-8-6-5-7-12(13)9-10-16/h3,5-8,16H,2,9-11H2,1H3/b14-3+. The summed E-state index contributed by atoms with van der Waals surface area (Å²) in [6.45, 7) is 5.61. The van der Waals surface area contributed by atoms with Crippen LogP contribution < -0.4 is 0 Å². The first-order valence-corrected chi connectivity index (χ1v) is 8.00. The molecule has 0 aromatic heterocycles. The Hall–Kier alpha value is -0.930. The van der Waals surface area contributed by atoms with E-state index in [1.165, 1.54) is 11.1 Å². The van der Waals surface area contributed by atoms with E-state index in [0.29, 0.717) is 6.42 Å². The summed E-state index contributed by atoms with van der Waals surface area (Å²) >= 11 is 0. The molecule has 18 heavy (non-hydrogen) atoms. The molecule has 0 saturated heterocycles. The monoisotopic (exact) mass is 279 g/mol. The lowest BCUT2D eigenvalue weighted by Gasteiger charge is -2.07. The molecule has 0 radical (unpaired) electrons. The average molecular weight is 279 g/mol. The Morgan fingerprint density at radius 1 is 1.44 bits per heavy atom. The number of aliphatic hydroxyl groups excluding tert-OH is 1. The van der Waals surface area contributed by atoms with E-state index in [-0.39, 0.29) is 6.61 Å². The predicted molar refractivity (Wildman–Crippen MR) is 82.9 cm³/mol. The van der Waals surface area contributed by atoms with Crippen molar-refractivity contribution in [2.75, 3.05) is 6.61 Å². The van der Waals surface area contributed by atoms with E-state index >= 15 is 0 Å². The quantitative estimate of drug-likeness (QED) is 0.608. The minimum Gasteiger partial charge on any atom is -0.396 e. The second-order valence-corrected chi connectivity index (χ2v) is 5.80. The minimum absolute atomic E-state index is 0.190. The van der Waals surface area contributed by atoms with Crippen LogP contribution in [-0.4, -0.2) is 17.6 Å². The number of allylic oxidation sites excluding steroid dienone is 1. The lowest BCUT2D eigenvalue weighted by Crippen LogP contribution is -1.95. The number of aliphatic imine (C=N–C) groups is 1. The van der Waals surface area contributed by atoms with Gasteiger partial charge in [0.1, 0.15) is 5.03 Å². The summed E-state index contributed by atoms with van der Waals surface area (Å²) in [5.41, 5.74) is 2.48. The van der Waals surface area contributed by atoms with Crippen LogP contribution in [0.2, 0.25) is 0 Å². The maximum atomic E-state index is 9.01. The average Bonchev–Trinajstić information content (AvgIpc) is 2.40. The normalized spacial score (nSPS) is 11.1. The van der Waals surface area contributed by atoms with Gasteiger partial charge >= 0.3 is 0 Å². The second-order valence-electron chi connectivity index (χ2n) is 3.48. The molecule has 1 rings (SSSR count). The third-order valence-corrected chi connectivity index (χ3v) is 4.56. The molecule has 0 fully saturated rings. The summed E-state index contributed by atoms with van der Waals surface area (Å²) in [5.74, 6) is 3.43. The van der Waals surface area contributed by atoms with Gasteiger partial charge in [0, 0.05) is 12.4 Å². The Kier molecular flexibility index (Phi) is 7.62. The molecule has 0 heterocycles. The van der Waals surface area contributed by atoms with Crippen molar-refractivity contribution < 1.29 is 5.11 Å². The summed E-state index contributed by atoms with van der Waals surface area (Å²) in [6, 6.07) is 8.20. The number of aliphatic hydroxyl groups is 1. The molecule has 4 heteroatoms. The highest BCUT2D eigenvalue weighted by molar-refractivity contribution is 8.77. The van der Waals surface area contributed by atoms with Gasteiger partial charge in [-0.1, -0.05) is 41.1 Å². The molecular weight excluding hydrogens is 262 g/mol. The molecule has 1 aromatic rings. The van der Waals surface area contributed by atoms with Crippen molar-refractivity contribution in [2.45, 2.75) is 19.1 Å². The van der Waals surface area contributed by atoms with Crippen LogP contribution in [0.25, 0.3) is 0 Å². The molecule has 0 atom stereocenters. The van der Waals surface area contributed by atoms with Crippen LogP contribution in [0.4, 0.5) is 0 Å². The van der Waals surface area contributed by atoms with E-state index in [2.05, 4.69) is 29.6 Å². The van der Waals surface area contributed by atoms with Crippen LogP contribution >= 0.6 is 21.6 Å². The molecule has 0 unspecified atom stereocenters. The van der Waals surface area contributed by atoms with Crippen molar-refractivity contribution in [3.8, 4) is 0 Å². The second kappa shape index (κ2) is 9.06. The SMILES string of the molecule is C=C=N/C(=C\C)SSCc1ccccc1CCO. The highest BCUT2D eigenvalue weighted by atomic mass is 33.1. The van der Waals surface area contributed by atoms with Gasteiger partial charge in [0.25, 0.3) is 0 Å². The zero-order chi connectivity index (χ0) is 13.2. The highest BCUT2D eigenvalue weighted by Crippen LogP contribution is 2.34. The van der Waals surface area contributed by atoms with Gasteiger partial charge in [-0.05, 0) is 47.7 Å². The van der Waals surface area contributed by atoms with E-state index in [1.54, 1.807) is 21.6 Å². The fourth-order valence-corrected chi connectivity index (χ4v) is 3.53. The van der Waals surface area contributed by atoms with Crippen molar-refractivity contribution in [2.24, 2.45) is 4.99 Å². The van der Waals surface area contributed by atoms with E-state index in [9.17, 15) is 0 Å². The summed E-state index contributed by atoms with van der Waals surface area (Å²) in [4.78, 5) is 4.03. The van der Waals surface area contributed by atoms with Crippen LogP contribution in [0.5, 0.6) is 0 Å². The Bertz CT molecular complexity index is 451. The van der Waals surface area contributed by atoms with Crippen LogP contribution in [0, 0.1) is 0 Å². The molecule has 0 aliphatic rings. The van der Waals surface area contributed by atoms with Crippen molar-refractivity contribution in [3.63, 3.8) is 0 Å². The molecule has 0 spiro atoms. The zero-order valence-corrected chi connectivity index (χ0v) is 12.1. The lowest BCUT2D eigenvalue weighted by molar-refractivity contribution is 0.299. The van der Waals surface area contributed by atoms with Gasteiger partial charge in [0.15, 0.2) is 0 Å². The van der Waals surface area contributed by atoms with E-state index in [0.717, 1.165) is 10.8 Å². The molecule has 0 aliphatic carbocycles. The van der Waals surface area contributed by atoms with Crippen molar-refractivity contribution in [1.82, 2.24) is 0 Å². The predicted octanol–water partition coefficient (Wildman–Crippen LogP) is 3.82. The molecule has 0 amide bonds. The number of hydrogen-bond acceptors (Lipinski definition) is 4. The maximum absolute atomic E-state index is 9.01. The maximum Gasteiger partial charge on any atom is 0.112 e. The van der Waals surface area contributed by atoms with Gasteiger partial charge in [0.2, 0.25) is 0 Å². The first kappa shape index (κ1) is 15.1. The van der Waals surface area contributed by atoms with Gasteiger partial charge in [-0.15, -0.1) is 0 Å². The van der Waals surface area contributed by atoms with Crippen LogP contribution in [0.3, 0.4) is 0 Å². The molecule has 1 N–H and O–H groups in total. The van der Waals surface area contributed by atoms with E-state index < -0.39 is 0 Å². The van der Waals surface area contributed by atoms with Crippen LogP contribution in [-0.2, 0) is 12.2 Å². The molecular formula is C14H17NOS2. The topological polar surface area (TPSA) is 32.6 Å². The molecule has 0 bridgehead atoms. The Morgan fingerprint density at radius 3 is 2.78 bits per heavy atom. The zero-order valence-electron chi connectivity index (χ0n) is 10.4. The lowest BCUT2D eigenvalue weighted by atomic mass is 10.1. The Balaban J connectivity index is 2.55. The van der Waals surface area contributed by atoms with E-state index in [4.69, 9.17) is 5.11 Å². The first-order valence-electron chi connectivity index (χ1n) is 5.68. The van der Waals surface area contributed by atoms with Crippen molar-refractivity contribution in [1.29, 1.82) is 0 Å². The van der Waals surface area contributed by atoms with Crippen molar-refractivity contribution in [3.05, 3.63) is 53.1 Å². The fraction of sp³-hybridized carbons (Fsp3) is 0.286. The smallest absolute Gasteiger partial charge is 0.112 e. The van der Waals surface area contributed by atoms with Crippen LogP contribution in [0.15, 0.2) is 46.9 Å². The summed E-state index contributed by atoms with van der Waals surface area (Å²) in [5, 5.41) is 9.93. The summed E-state index contributed by atoms with van der Waals surface area (Å²) < 4.78 is 0. The van der Waals surface area contributed by atoms with E-state index in [1.807, 2.05) is 25.1 Å². The minimum atomic E-state index is 0.190. The number of rotatable bonds is 7. The van der Waals surface area contributed by atoms with Crippen LogP contribution in [0.1, 0.15) is 18.1 Å². The van der Waals surface area contributed by atoms with Gasteiger partial charge in [-0.25, -0.2) is 0 Å². The van der Waals surface area contributed by atoms with Gasteiger partial charge < -0.3 is 5.11 Å². The Labute approximate surface area is 116 Å². The fourth-order valence-electron chi connectivity index (χ4n) is 1.43. The molecule has 2 nitrogen and oxygen atoms in total. The molecule has 96 valence electrons. The highest BCUT2D eigenvalue weighted by Gasteiger charge is 2.02. The van der Waals surface area contributed by atoms with Gasteiger partial charge in [0.05, 0.1) is 0 Å². The number of hydrogen-bond donors (Lipinski definition) is 1. The third kappa shape index (κ3) is 5.15. The number of nitrogens with zero attached hydrogens (tertiary/aromatic N) is 1. The molecule has 1 aromatic carbocycles. The van der Waals surface area contributed by atoms with Gasteiger partial charge in [-0.3, -0.25) is 0 Å². The largest absolute Gasteiger partial charge is 0.396 e. The molecule has 0 saturated carbocycles. The summed E-state index contributed by atoms with van der Waals surface area (Å²) in [7, 11) is 3.34. The van der Waals surface area contributed by atoms with Crippen molar-refractivity contribution >= 4 is 27.5 Å². The third-order valence-electron chi connectivity index (χ3n) is 2.29.